The molecule has 3 heterocycles. The first-order valence-corrected chi connectivity index (χ1v) is 9.51. The van der Waals surface area contributed by atoms with Crippen molar-refractivity contribution in [2.45, 2.75) is 6.92 Å². The molecule has 0 aliphatic carbocycles. The van der Waals surface area contributed by atoms with Crippen LogP contribution >= 0.6 is 11.8 Å². The molecule has 0 aromatic carbocycles. The molecule has 1 aliphatic rings. The number of carbonyl (C=O) groups is 2. The number of amidine groups is 1. The van der Waals surface area contributed by atoms with Crippen molar-refractivity contribution < 1.29 is 9.59 Å². The lowest BCUT2D eigenvalue weighted by atomic mass is 10.2. The number of carbonyl (C=O) groups excluding carboxylic acids is 2. The van der Waals surface area contributed by atoms with Crippen LogP contribution in [0.15, 0.2) is 41.9 Å². The quantitative estimate of drug-likeness (QED) is 0.582. The van der Waals surface area contributed by atoms with Gasteiger partial charge < -0.3 is 5.32 Å². The minimum absolute atomic E-state index is 0.135. The van der Waals surface area contributed by atoms with Crippen LogP contribution in [0.4, 0.5) is 5.69 Å². The summed E-state index contributed by atoms with van der Waals surface area (Å²) in [6.45, 7) is 5.79. The monoisotopic (exact) mass is 399 g/mol. The van der Waals surface area contributed by atoms with Crippen LogP contribution in [0.25, 0.3) is 6.08 Å². The Morgan fingerprint density at radius 1 is 1.32 bits per heavy atom. The zero-order valence-electron chi connectivity index (χ0n) is 15.9. The summed E-state index contributed by atoms with van der Waals surface area (Å²) in [5.41, 5.74) is 2.39. The molecule has 0 radical (unpaired) electrons. The lowest BCUT2D eigenvalue weighted by Crippen LogP contribution is -2.32. The van der Waals surface area contributed by atoms with Crippen LogP contribution in [0.2, 0.25) is 0 Å². The van der Waals surface area contributed by atoms with Gasteiger partial charge >= 0.3 is 0 Å². The van der Waals surface area contributed by atoms with E-state index < -0.39 is 0 Å². The van der Waals surface area contributed by atoms with Crippen molar-refractivity contribution in [3.05, 3.63) is 48.2 Å². The van der Waals surface area contributed by atoms with E-state index in [0.29, 0.717) is 23.1 Å². The van der Waals surface area contributed by atoms with Crippen LogP contribution in [0.5, 0.6) is 0 Å². The van der Waals surface area contributed by atoms with Gasteiger partial charge in [0.15, 0.2) is 5.17 Å². The smallest absolute Gasteiger partial charge is 0.283 e. The first kappa shape index (κ1) is 19.6. The summed E-state index contributed by atoms with van der Waals surface area (Å²) in [5.74, 6) is -0.294. The highest BCUT2D eigenvalue weighted by Crippen LogP contribution is 2.30. The molecule has 1 aliphatic heterocycles. The SMILES string of the molecule is C=CCNC(=O)CSC1=NC(=Cc2cnn(C)c2)C(=O)N1c1cn(C)nc1C. The number of nitrogens with one attached hydrogen (secondary N) is 1. The van der Waals surface area contributed by atoms with E-state index in [9.17, 15) is 9.59 Å². The Morgan fingerprint density at radius 2 is 2.11 bits per heavy atom. The molecule has 0 saturated carbocycles. The fraction of sp³-hybridized carbons (Fsp3) is 0.278. The van der Waals surface area contributed by atoms with Gasteiger partial charge in [0.25, 0.3) is 5.91 Å². The highest BCUT2D eigenvalue weighted by Gasteiger charge is 2.34. The molecule has 0 atom stereocenters. The van der Waals surface area contributed by atoms with E-state index in [-0.39, 0.29) is 23.3 Å². The van der Waals surface area contributed by atoms with Gasteiger partial charge in [-0.2, -0.15) is 10.2 Å². The molecule has 1 N–H and O–H groups in total. The number of aromatic nitrogens is 4. The number of rotatable bonds is 6. The molecule has 146 valence electrons. The van der Waals surface area contributed by atoms with Gasteiger partial charge in [0, 0.05) is 38.6 Å². The number of thioether (sulfide) groups is 1. The molecule has 2 aromatic heterocycles. The maximum absolute atomic E-state index is 13.1. The topological polar surface area (TPSA) is 97.4 Å². The molecule has 0 unspecified atom stereocenters. The third kappa shape index (κ3) is 4.22. The number of hydrogen-bond donors (Lipinski definition) is 1. The first-order valence-electron chi connectivity index (χ1n) is 8.53. The van der Waals surface area contributed by atoms with Crippen molar-refractivity contribution in [3.63, 3.8) is 0 Å². The summed E-state index contributed by atoms with van der Waals surface area (Å²) in [7, 11) is 3.59. The second-order valence-electron chi connectivity index (χ2n) is 6.17. The van der Waals surface area contributed by atoms with Crippen molar-refractivity contribution >= 4 is 40.5 Å². The van der Waals surface area contributed by atoms with E-state index in [4.69, 9.17) is 0 Å². The Hall–Kier alpha value is -3.14. The summed E-state index contributed by atoms with van der Waals surface area (Å²) >= 11 is 1.20. The van der Waals surface area contributed by atoms with E-state index in [0.717, 1.165) is 5.56 Å². The van der Waals surface area contributed by atoms with Gasteiger partial charge in [-0.15, -0.1) is 6.58 Å². The third-order valence-corrected chi connectivity index (χ3v) is 4.80. The molecule has 0 bridgehead atoms. The maximum Gasteiger partial charge on any atom is 0.283 e. The standard InChI is InChI=1S/C18H21N7O2S/c1-5-6-19-16(26)11-28-18-21-14(7-13-8-20-23(3)9-13)17(27)25(18)15-10-24(4)22-12(15)2/h5,7-10H,1,6,11H2,2-4H3,(H,19,26). The Labute approximate surface area is 166 Å². The molecule has 0 spiro atoms. The third-order valence-electron chi connectivity index (χ3n) is 3.86. The second-order valence-corrected chi connectivity index (χ2v) is 7.11. The van der Waals surface area contributed by atoms with Crippen molar-refractivity contribution in [1.29, 1.82) is 0 Å². The summed E-state index contributed by atoms with van der Waals surface area (Å²) in [5, 5.41) is 11.6. The van der Waals surface area contributed by atoms with Crippen molar-refractivity contribution in [2.75, 3.05) is 17.2 Å². The lowest BCUT2D eigenvalue weighted by molar-refractivity contribution is -0.118. The van der Waals surface area contributed by atoms with Gasteiger partial charge in [0.2, 0.25) is 5.91 Å². The van der Waals surface area contributed by atoms with Crippen LogP contribution in [0.3, 0.4) is 0 Å². The van der Waals surface area contributed by atoms with E-state index in [1.165, 1.54) is 16.7 Å². The van der Waals surface area contributed by atoms with Gasteiger partial charge in [-0.1, -0.05) is 17.8 Å². The molecular weight excluding hydrogens is 378 g/mol. The Morgan fingerprint density at radius 3 is 2.71 bits per heavy atom. The summed E-state index contributed by atoms with van der Waals surface area (Å²) in [6, 6.07) is 0. The second kappa shape index (κ2) is 8.26. The van der Waals surface area contributed by atoms with E-state index in [1.54, 1.807) is 54.2 Å². The van der Waals surface area contributed by atoms with Gasteiger partial charge in [0.05, 0.1) is 23.3 Å². The molecule has 10 heteroatoms. The minimum atomic E-state index is -0.269. The Kier molecular flexibility index (Phi) is 5.78. The van der Waals surface area contributed by atoms with Crippen molar-refractivity contribution in [1.82, 2.24) is 24.9 Å². The van der Waals surface area contributed by atoms with Crippen molar-refractivity contribution in [2.24, 2.45) is 19.1 Å². The molecule has 3 rings (SSSR count). The zero-order valence-corrected chi connectivity index (χ0v) is 16.7. The first-order chi connectivity index (χ1) is 13.4. The predicted molar refractivity (Wildman–Crippen MR) is 110 cm³/mol. The fourth-order valence-electron chi connectivity index (χ4n) is 2.65. The van der Waals surface area contributed by atoms with Crippen molar-refractivity contribution in [3.8, 4) is 0 Å². The van der Waals surface area contributed by atoms with Crippen LogP contribution in [0.1, 0.15) is 11.3 Å². The number of amides is 2. The van der Waals surface area contributed by atoms with E-state index >= 15 is 0 Å². The predicted octanol–water partition coefficient (Wildman–Crippen LogP) is 1.24. The maximum atomic E-state index is 13.1. The van der Waals surface area contributed by atoms with Gasteiger partial charge in [0.1, 0.15) is 5.70 Å². The van der Waals surface area contributed by atoms with E-state index in [2.05, 4.69) is 27.1 Å². The number of aliphatic imine (C=N–C) groups is 1. The zero-order chi connectivity index (χ0) is 20.3. The van der Waals surface area contributed by atoms with Crippen LogP contribution in [0, 0.1) is 6.92 Å². The molecule has 2 aromatic rings. The summed E-state index contributed by atoms with van der Waals surface area (Å²) < 4.78 is 3.29. The molecular formula is C18H21N7O2S. The highest BCUT2D eigenvalue weighted by atomic mass is 32.2. The number of anilines is 1. The van der Waals surface area contributed by atoms with Crippen LogP contribution < -0.4 is 10.2 Å². The van der Waals surface area contributed by atoms with E-state index in [1.807, 2.05) is 6.92 Å². The molecule has 0 fully saturated rings. The normalized spacial score (nSPS) is 15.2. The largest absolute Gasteiger partial charge is 0.352 e. The summed E-state index contributed by atoms with van der Waals surface area (Å²) in [6.07, 6.45) is 8.50. The van der Waals surface area contributed by atoms with Crippen LogP contribution in [-0.4, -0.2) is 48.8 Å². The average Bonchev–Trinajstić information content (AvgIpc) is 3.29. The van der Waals surface area contributed by atoms with Gasteiger partial charge in [-0.25, -0.2) is 4.99 Å². The Balaban J connectivity index is 1.90. The van der Waals surface area contributed by atoms with Crippen LogP contribution in [-0.2, 0) is 23.7 Å². The highest BCUT2D eigenvalue weighted by molar-refractivity contribution is 8.14. The number of aryl methyl sites for hydroxylation is 3. The number of nitrogens with zero attached hydrogens (tertiary/aromatic N) is 6. The average molecular weight is 399 g/mol. The summed E-state index contributed by atoms with van der Waals surface area (Å²) in [4.78, 5) is 31.0. The molecule has 0 saturated heterocycles. The minimum Gasteiger partial charge on any atom is -0.352 e. The lowest BCUT2D eigenvalue weighted by Gasteiger charge is -2.16. The fourth-order valence-corrected chi connectivity index (χ4v) is 3.49. The molecule has 28 heavy (non-hydrogen) atoms. The van der Waals surface area contributed by atoms with Gasteiger partial charge in [-0.05, 0) is 13.0 Å². The number of hydrogen-bond acceptors (Lipinski definition) is 6. The molecule has 2 amide bonds. The molecule has 9 nitrogen and oxygen atoms in total. The Bertz CT molecular complexity index is 986. The van der Waals surface area contributed by atoms with Gasteiger partial charge in [-0.3, -0.25) is 23.9 Å².